The third kappa shape index (κ3) is 7.64. The molecule has 0 radical (unpaired) electrons. The third-order valence-corrected chi connectivity index (χ3v) is 6.20. The van der Waals surface area contributed by atoms with E-state index in [-0.39, 0.29) is 6.42 Å². The van der Waals surface area contributed by atoms with Crippen LogP contribution in [0, 0.1) is 6.92 Å². The van der Waals surface area contributed by atoms with E-state index in [0.29, 0.717) is 16.3 Å². The number of benzene rings is 2. The molecule has 1 N–H and O–H groups in total. The average molecular weight is 444 g/mol. The molecule has 0 fully saturated rings. The van der Waals surface area contributed by atoms with Crippen molar-refractivity contribution in [2.45, 2.75) is 70.2 Å². The van der Waals surface area contributed by atoms with Crippen LogP contribution in [0.25, 0.3) is 0 Å². The maximum absolute atomic E-state index is 12.9. The molecule has 0 aliphatic rings. The van der Waals surface area contributed by atoms with Gasteiger partial charge >= 0.3 is 6.09 Å². The number of aryl methyl sites for hydroxylation is 1. The molecule has 168 valence electrons. The molecule has 6 heteroatoms. The maximum Gasteiger partial charge on any atom is 0.410 e. The second-order valence-corrected chi connectivity index (χ2v) is 10.3. The van der Waals surface area contributed by atoms with Crippen LogP contribution in [0.15, 0.2) is 71.0 Å². The Morgan fingerprint density at radius 2 is 1.71 bits per heavy atom. The van der Waals surface area contributed by atoms with Crippen molar-refractivity contribution in [3.8, 4) is 0 Å². The van der Waals surface area contributed by atoms with Crippen molar-refractivity contribution >= 4 is 16.9 Å². The summed E-state index contributed by atoms with van der Waals surface area (Å²) in [5, 5.41) is 10.9. The number of aliphatic hydroxyl groups excluding tert-OH is 1. The number of hydrogen-bond donors (Lipinski definition) is 1. The molecule has 2 rings (SSSR count). The molecule has 3 atom stereocenters. The highest BCUT2D eigenvalue weighted by atomic mass is 32.2. The van der Waals surface area contributed by atoms with Crippen molar-refractivity contribution in [1.82, 2.24) is 4.90 Å². The van der Waals surface area contributed by atoms with Crippen LogP contribution in [-0.2, 0) is 22.1 Å². The first-order valence-corrected chi connectivity index (χ1v) is 11.5. The van der Waals surface area contributed by atoms with Crippen LogP contribution in [0.1, 0.15) is 45.2 Å². The Bertz CT molecular complexity index is 903. The minimum Gasteiger partial charge on any atom is -0.444 e. The number of nitrogens with zero attached hydrogens (tertiary/aromatic N) is 1. The van der Waals surface area contributed by atoms with Gasteiger partial charge in [0.2, 0.25) is 0 Å². The topological polar surface area (TPSA) is 66.8 Å². The fraction of sp³-hybridized carbons (Fsp3) is 0.400. The predicted octanol–water partition coefficient (Wildman–Crippen LogP) is 5.19. The average Bonchev–Trinajstić information content (AvgIpc) is 2.70. The van der Waals surface area contributed by atoms with Crippen molar-refractivity contribution in [3.05, 3.63) is 77.2 Å². The largest absolute Gasteiger partial charge is 0.444 e. The highest BCUT2D eigenvalue weighted by Crippen LogP contribution is 2.23. The lowest BCUT2D eigenvalue weighted by atomic mass is 10.1. The zero-order chi connectivity index (χ0) is 23.2. The molecule has 2 aromatic carbocycles. The summed E-state index contributed by atoms with van der Waals surface area (Å²) < 4.78 is 18.4. The molecule has 2 aromatic rings. The van der Waals surface area contributed by atoms with Crippen LogP contribution < -0.4 is 0 Å². The van der Waals surface area contributed by atoms with Gasteiger partial charge in [0, 0.05) is 22.8 Å². The fourth-order valence-corrected chi connectivity index (χ4v) is 4.03. The standard InChI is InChI=1S/C25H33NO4S/c1-18-12-14-22(15-13-18)31(29)19(2)16-23(27)20(3)26(24(28)30-25(4,5)6)17-21-10-8-7-9-11-21/h7-15,20,23,27H,2,16-17H2,1,3-6H3/t20-,23+,31?/m0/s1. The molecule has 1 unspecified atom stereocenters. The van der Waals surface area contributed by atoms with Crippen LogP contribution >= 0.6 is 0 Å². The summed E-state index contributed by atoms with van der Waals surface area (Å²) in [5.74, 6) is 0. The first kappa shape index (κ1) is 24.8. The molecule has 0 spiro atoms. The first-order chi connectivity index (χ1) is 14.5. The number of hydrogen-bond acceptors (Lipinski definition) is 4. The summed E-state index contributed by atoms with van der Waals surface area (Å²) in [4.78, 5) is 15.5. The van der Waals surface area contributed by atoms with E-state index in [1.165, 1.54) is 4.90 Å². The lowest BCUT2D eigenvalue weighted by Crippen LogP contribution is -2.47. The highest BCUT2D eigenvalue weighted by molar-refractivity contribution is 7.89. The van der Waals surface area contributed by atoms with Gasteiger partial charge in [-0.3, -0.25) is 4.90 Å². The van der Waals surface area contributed by atoms with Gasteiger partial charge in [-0.05, 0) is 52.3 Å². The molecule has 5 nitrogen and oxygen atoms in total. The van der Waals surface area contributed by atoms with Gasteiger partial charge in [-0.2, -0.15) is 0 Å². The van der Waals surface area contributed by atoms with Crippen LogP contribution in [-0.4, -0.2) is 38.1 Å². The van der Waals surface area contributed by atoms with E-state index in [1.54, 1.807) is 39.8 Å². The molecule has 0 aliphatic carbocycles. The van der Waals surface area contributed by atoms with Gasteiger partial charge < -0.3 is 9.84 Å². The highest BCUT2D eigenvalue weighted by Gasteiger charge is 2.31. The van der Waals surface area contributed by atoms with Crippen molar-refractivity contribution in [3.63, 3.8) is 0 Å². The Labute approximate surface area is 188 Å². The molecule has 0 heterocycles. The SMILES string of the molecule is C=C(C[C@@H](O)[C@H](C)N(Cc1ccccc1)C(=O)OC(C)(C)C)S(=O)c1ccc(C)cc1. The van der Waals surface area contributed by atoms with Crippen molar-refractivity contribution in [2.24, 2.45) is 0 Å². The first-order valence-electron chi connectivity index (χ1n) is 10.4. The summed E-state index contributed by atoms with van der Waals surface area (Å²) in [5.41, 5.74) is 1.34. The summed E-state index contributed by atoms with van der Waals surface area (Å²) in [6.07, 6.45) is -1.35. The molecular formula is C25H33NO4S. The quantitative estimate of drug-likeness (QED) is 0.609. The number of carbonyl (C=O) groups is 1. The van der Waals surface area contributed by atoms with Crippen molar-refractivity contribution in [1.29, 1.82) is 0 Å². The van der Waals surface area contributed by atoms with Crippen LogP contribution in [0.3, 0.4) is 0 Å². The number of amides is 1. The second-order valence-electron chi connectivity index (χ2n) is 8.73. The van der Waals surface area contributed by atoms with Gasteiger partial charge in [-0.25, -0.2) is 9.00 Å². The molecule has 0 aliphatic heterocycles. The van der Waals surface area contributed by atoms with E-state index in [1.807, 2.05) is 49.4 Å². The lowest BCUT2D eigenvalue weighted by Gasteiger charge is -2.34. The second kappa shape index (κ2) is 10.7. The minimum atomic E-state index is -1.44. The molecule has 0 saturated heterocycles. The lowest BCUT2D eigenvalue weighted by molar-refractivity contribution is -0.00447. The Balaban J connectivity index is 2.14. The predicted molar refractivity (Wildman–Crippen MR) is 125 cm³/mol. The Hall–Kier alpha value is -2.44. The van der Waals surface area contributed by atoms with E-state index in [0.717, 1.165) is 11.1 Å². The zero-order valence-corrected chi connectivity index (χ0v) is 19.8. The fourth-order valence-electron chi connectivity index (χ4n) is 2.99. The molecular weight excluding hydrogens is 410 g/mol. The normalized spacial score (nSPS) is 14.4. The number of ether oxygens (including phenoxy) is 1. The van der Waals surface area contributed by atoms with E-state index < -0.39 is 34.6 Å². The van der Waals surface area contributed by atoms with Gasteiger partial charge in [-0.15, -0.1) is 0 Å². The molecule has 0 aromatic heterocycles. The Morgan fingerprint density at radius 3 is 2.26 bits per heavy atom. The number of rotatable bonds is 8. The molecule has 0 bridgehead atoms. The van der Waals surface area contributed by atoms with Gasteiger partial charge in [0.05, 0.1) is 22.9 Å². The molecule has 1 amide bonds. The van der Waals surface area contributed by atoms with Crippen molar-refractivity contribution < 1.29 is 18.8 Å². The van der Waals surface area contributed by atoms with Gasteiger partial charge in [0.25, 0.3) is 0 Å². The zero-order valence-electron chi connectivity index (χ0n) is 19.0. The summed E-state index contributed by atoms with van der Waals surface area (Å²) >= 11 is 0. The molecule has 0 saturated carbocycles. The third-order valence-electron chi connectivity index (χ3n) is 4.81. The Morgan fingerprint density at radius 1 is 1.13 bits per heavy atom. The molecule has 31 heavy (non-hydrogen) atoms. The summed E-state index contributed by atoms with van der Waals surface area (Å²) in [7, 11) is -1.44. The van der Waals surface area contributed by atoms with Crippen LogP contribution in [0.4, 0.5) is 4.79 Å². The smallest absolute Gasteiger partial charge is 0.410 e. The monoisotopic (exact) mass is 443 g/mol. The Kier molecular flexibility index (Phi) is 8.60. The number of carbonyl (C=O) groups excluding carboxylic acids is 1. The summed E-state index contributed by atoms with van der Waals surface area (Å²) in [6, 6.07) is 16.4. The summed E-state index contributed by atoms with van der Waals surface area (Å²) in [6.45, 7) is 13.4. The van der Waals surface area contributed by atoms with Gasteiger partial charge in [0.1, 0.15) is 5.60 Å². The minimum absolute atomic E-state index is 0.107. The van der Waals surface area contributed by atoms with Crippen molar-refractivity contribution in [2.75, 3.05) is 0 Å². The van der Waals surface area contributed by atoms with E-state index in [2.05, 4.69) is 6.58 Å². The number of aliphatic hydroxyl groups is 1. The maximum atomic E-state index is 12.9. The van der Waals surface area contributed by atoms with Crippen LogP contribution in [0.2, 0.25) is 0 Å². The van der Waals surface area contributed by atoms with Gasteiger partial charge in [-0.1, -0.05) is 54.6 Å². The van der Waals surface area contributed by atoms with E-state index in [4.69, 9.17) is 4.74 Å². The van der Waals surface area contributed by atoms with E-state index >= 15 is 0 Å². The van der Waals surface area contributed by atoms with E-state index in [9.17, 15) is 14.1 Å². The van der Waals surface area contributed by atoms with Crippen LogP contribution in [0.5, 0.6) is 0 Å². The van der Waals surface area contributed by atoms with Gasteiger partial charge in [0.15, 0.2) is 0 Å².